The molecule has 22 heavy (non-hydrogen) atoms. The minimum Gasteiger partial charge on any atom is -0.390 e. The third-order valence-corrected chi connectivity index (χ3v) is 3.69. The second kappa shape index (κ2) is 6.51. The number of piperazine rings is 1. The molecule has 0 spiro atoms. The van der Waals surface area contributed by atoms with E-state index < -0.39 is 19.1 Å². The van der Waals surface area contributed by atoms with Gasteiger partial charge in [0.1, 0.15) is 6.61 Å². The van der Waals surface area contributed by atoms with Crippen molar-refractivity contribution >= 4 is 0 Å². The predicted molar refractivity (Wildman–Crippen MR) is 76.6 cm³/mol. The summed E-state index contributed by atoms with van der Waals surface area (Å²) in [5, 5.41) is 20.5. The Balaban J connectivity index is 1.87. The number of halogens is 2. The SMILES string of the molecule is CC(C)(C)n1nnnc1CN1CCN(CC(F)(F)CO)CC1. The molecule has 0 aromatic carbocycles. The summed E-state index contributed by atoms with van der Waals surface area (Å²) < 4.78 is 28.2. The Labute approximate surface area is 128 Å². The number of tetrazole rings is 1. The van der Waals surface area contributed by atoms with E-state index in [1.807, 2.05) is 20.8 Å². The highest BCUT2D eigenvalue weighted by Crippen LogP contribution is 2.17. The molecular weight excluding hydrogens is 294 g/mol. The molecule has 0 radical (unpaired) electrons. The highest BCUT2D eigenvalue weighted by atomic mass is 19.3. The number of nitrogens with zero attached hydrogens (tertiary/aromatic N) is 6. The molecule has 2 heterocycles. The van der Waals surface area contributed by atoms with E-state index in [2.05, 4.69) is 20.4 Å². The molecule has 0 aliphatic carbocycles. The van der Waals surface area contributed by atoms with Crippen LogP contribution in [0.5, 0.6) is 0 Å². The van der Waals surface area contributed by atoms with Gasteiger partial charge in [-0.2, -0.15) is 0 Å². The average Bonchev–Trinajstić information content (AvgIpc) is 2.89. The Morgan fingerprint density at radius 3 is 2.23 bits per heavy atom. The van der Waals surface area contributed by atoms with Crippen molar-refractivity contribution in [3.63, 3.8) is 0 Å². The summed E-state index contributed by atoms with van der Waals surface area (Å²) in [7, 11) is 0. The molecule has 0 amide bonds. The molecule has 1 saturated heterocycles. The molecule has 0 unspecified atom stereocenters. The van der Waals surface area contributed by atoms with Gasteiger partial charge < -0.3 is 5.11 Å². The number of hydrogen-bond donors (Lipinski definition) is 1. The van der Waals surface area contributed by atoms with E-state index in [0.717, 1.165) is 5.82 Å². The van der Waals surface area contributed by atoms with Crippen LogP contribution in [0.4, 0.5) is 8.78 Å². The Morgan fingerprint density at radius 1 is 1.09 bits per heavy atom. The molecule has 0 bridgehead atoms. The fourth-order valence-electron chi connectivity index (χ4n) is 2.51. The third-order valence-electron chi connectivity index (χ3n) is 3.69. The molecule has 7 nitrogen and oxygen atoms in total. The van der Waals surface area contributed by atoms with Crippen LogP contribution in [0.3, 0.4) is 0 Å². The lowest BCUT2D eigenvalue weighted by atomic mass is 10.1. The molecule has 0 saturated carbocycles. The highest BCUT2D eigenvalue weighted by Gasteiger charge is 2.32. The van der Waals surface area contributed by atoms with Gasteiger partial charge >= 0.3 is 0 Å². The molecule has 0 atom stereocenters. The van der Waals surface area contributed by atoms with Gasteiger partial charge in [-0.3, -0.25) is 9.80 Å². The van der Waals surface area contributed by atoms with Gasteiger partial charge in [-0.25, -0.2) is 13.5 Å². The molecule has 1 fully saturated rings. The first-order valence-electron chi connectivity index (χ1n) is 7.42. The smallest absolute Gasteiger partial charge is 0.283 e. The molecule has 126 valence electrons. The van der Waals surface area contributed by atoms with Gasteiger partial charge in [-0.1, -0.05) is 0 Å². The van der Waals surface area contributed by atoms with Crippen LogP contribution in [-0.4, -0.2) is 80.4 Å². The Hall–Kier alpha value is -1.19. The van der Waals surface area contributed by atoms with Crippen molar-refractivity contribution < 1.29 is 13.9 Å². The minimum atomic E-state index is -3.03. The lowest BCUT2D eigenvalue weighted by Crippen LogP contribution is -2.50. The molecule has 1 aromatic rings. The zero-order valence-corrected chi connectivity index (χ0v) is 13.3. The molecule has 1 aliphatic heterocycles. The monoisotopic (exact) mass is 318 g/mol. The molecule has 1 aliphatic rings. The van der Waals surface area contributed by atoms with Crippen molar-refractivity contribution in [2.75, 3.05) is 39.3 Å². The van der Waals surface area contributed by atoms with Gasteiger partial charge in [0.2, 0.25) is 0 Å². The summed E-state index contributed by atoms with van der Waals surface area (Å²) in [6.07, 6.45) is 0. The van der Waals surface area contributed by atoms with Crippen LogP contribution < -0.4 is 0 Å². The number of hydrogen-bond acceptors (Lipinski definition) is 6. The van der Waals surface area contributed by atoms with Crippen LogP contribution in [0.25, 0.3) is 0 Å². The van der Waals surface area contributed by atoms with Crippen molar-refractivity contribution in [2.24, 2.45) is 0 Å². The molecule has 1 N–H and O–H groups in total. The number of aliphatic hydroxyl groups is 1. The zero-order valence-electron chi connectivity index (χ0n) is 13.3. The fourth-order valence-corrected chi connectivity index (χ4v) is 2.51. The molecular formula is C13H24F2N6O. The van der Waals surface area contributed by atoms with Gasteiger partial charge in [0.05, 0.1) is 18.6 Å². The number of aromatic nitrogens is 4. The first-order chi connectivity index (χ1) is 10.2. The van der Waals surface area contributed by atoms with E-state index in [4.69, 9.17) is 5.11 Å². The van der Waals surface area contributed by atoms with Crippen LogP contribution >= 0.6 is 0 Å². The van der Waals surface area contributed by atoms with Crippen LogP contribution in [0.15, 0.2) is 0 Å². The van der Waals surface area contributed by atoms with E-state index in [9.17, 15) is 8.78 Å². The quantitative estimate of drug-likeness (QED) is 0.835. The second-order valence-corrected chi connectivity index (χ2v) is 6.74. The average molecular weight is 318 g/mol. The van der Waals surface area contributed by atoms with E-state index in [-0.39, 0.29) is 5.54 Å². The first kappa shape index (κ1) is 17.2. The van der Waals surface area contributed by atoms with Gasteiger partial charge in [0.25, 0.3) is 5.92 Å². The van der Waals surface area contributed by atoms with E-state index in [0.29, 0.717) is 32.7 Å². The summed E-state index contributed by atoms with van der Waals surface area (Å²) >= 11 is 0. The van der Waals surface area contributed by atoms with Crippen molar-refractivity contribution in [2.45, 2.75) is 38.8 Å². The minimum absolute atomic E-state index is 0.191. The van der Waals surface area contributed by atoms with Crippen molar-refractivity contribution in [3.05, 3.63) is 5.82 Å². The Morgan fingerprint density at radius 2 is 1.68 bits per heavy atom. The summed E-state index contributed by atoms with van der Waals surface area (Å²) in [4.78, 5) is 3.83. The lowest BCUT2D eigenvalue weighted by Gasteiger charge is -2.36. The number of alkyl halides is 2. The maximum absolute atomic E-state index is 13.2. The van der Waals surface area contributed by atoms with E-state index >= 15 is 0 Å². The topological polar surface area (TPSA) is 70.3 Å². The largest absolute Gasteiger partial charge is 0.390 e. The first-order valence-corrected chi connectivity index (χ1v) is 7.42. The molecule has 1 aromatic heterocycles. The second-order valence-electron chi connectivity index (χ2n) is 6.74. The van der Waals surface area contributed by atoms with Crippen LogP contribution in [-0.2, 0) is 12.1 Å². The summed E-state index contributed by atoms with van der Waals surface area (Å²) in [5.74, 6) is -2.25. The van der Waals surface area contributed by atoms with E-state index in [1.165, 1.54) is 0 Å². The predicted octanol–water partition coefficient (Wildman–Crippen LogP) is 0.173. The van der Waals surface area contributed by atoms with Crippen LogP contribution in [0, 0.1) is 0 Å². The summed E-state index contributed by atoms with van der Waals surface area (Å²) in [5.41, 5.74) is -0.191. The van der Waals surface area contributed by atoms with Crippen LogP contribution in [0.1, 0.15) is 26.6 Å². The Kier molecular flexibility index (Phi) is 5.08. The molecule has 9 heteroatoms. The van der Waals surface area contributed by atoms with Crippen molar-refractivity contribution in [1.29, 1.82) is 0 Å². The van der Waals surface area contributed by atoms with Gasteiger partial charge in [0.15, 0.2) is 5.82 Å². The fraction of sp³-hybridized carbons (Fsp3) is 0.923. The van der Waals surface area contributed by atoms with Crippen molar-refractivity contribution in [3.8, 4) is 0 Å². The maximum atomic E-state index is 13.2. The zero-order chi connectivity index (χ0) is 16.4. The number of aliphatic hydroxyl groups excluding tert-OH is 1. The third kappa shape index (κ3) is 4.40. The van der Waals surface area contributed by atoms with E-state index in [1.54, 1.807) is 9.58 Å². The maximum Gasteiger partial charge on any atom is 0.283 e. The van der Waals surface area contributed by atoms with Gasteiger partial charge in [-0.15, -0.1) is 5.10 Å². The standard InChI is InChI=1S/C13H24F2N6O/c1-12(2,3)21-11(16-17-18-21)8-19-4-6-20(7-5-19)9-13(14,15)10-22/h22H,4-10H2,1-3H3. The lowest BCUT2D eigenvalue weighted by molar-refractivity contribution is -0.0789. The summed E-state index contributed by atoms with van der Waals surface area (Å²) in [6, 6.07) is 0. The normalized spacial score (nSPS) is 18.8. The van der Waals surface area contributed by atoms with Crippen molar-refractivity contribution in [1.82, 2.24) is 30.0 Å². The van der Waals surface area contributed by atoms with Crippen LogP contribution in [0.2, 0.25) is 0 Å². The molecule has 2 rings (SSSR count). The van der Waals surface area contributed by atoms with Gasteiger partial charge in [0, 0.05) is 26.2 Å². The number of rotatable bonds is 5. The summed E-state index contributed by atoms with van der Waals surface area (Å²) in [6.45, 7) is 7.65. The van der Waals surface area contributed by atoms with Gasteiger partial charge in [-0.05, 0) is 31.2 Å². The Bertz CT molecular complexity index is 479. The highest BCUT2D eigenvalue weighted by molar-refractivity contribution is 4.88.